The summed E-state index contributed by atoms with van der Waals surface area (Å²) in [6.07, 6.45) is -0.586. The number of carbonyl (C=O) groups is 1. The zero-order chi connectivity index (χ0) is 20.6. The fourth-order valence-electron chi connectivity index (χ4n) is 3.28. The van der Waals surface area contributed by atoms with E-state index in [0.29, 0.717) is 25.5 Å². The van der Waals surface area contributed by atoms with Crippen LogP contribution in [0, 0.1) is 0 Å². The number of halogens is 1. The van der Waals surface area contributed by atoms with Crippen LogP contribution in [0.25, 0.3) is 0 Å². The fraction of sp³-hybridized carbons (Fsp3) is 0.409. The molecule has 0 unspecified atom stereocenters. The van der Waals surface area contributed by atoms with E-state index in [0.717, 1.165) is 28.9 Å². The maximum Gasteiger partial charge on any atom is 0.260 e. The number of methoxy groups -OCH3 is 1. The van der Waals surface area contributed by atoms with Crippen molar-refractivity contribution in [3.63, 3.8) is 0 Å². The van der Waals surface area contributed by atoms with E-state index in [4.69, 9.17) is 14.2 Å². The van der Waals surface area contributed by atoms with E-state index in [9.17, 15) is 4.79 Å². The Kier molecular flexibility index (Phi) is 7.91. The van der Waals surface area contributed by atoms with Gasteiger partial charge in [-0.25, -0.2) is 0 Å². The first-order chi connectivity index (χ1) is 14.1. The molecular formula is C22H27BrN2O4. The molecule has 6 nitrogen and oxygen atoms in total. The van der Waals surface area contributed by atoms with Crippen LogP contribution in [-0.4, -0.2) is 56.9 Å². The first-order valence-electron chi connectivity index (χ1n) is 9.72. The maximum atomic E-state index is 12.6. The van der Waals surface area contributed by atoms with Crippen LogP contribution in [0.1, 0.15) is 18.5 Å². The molecule has 1 amide bonds. The normalized spacial score (nSPS) is 16.7. The minimum atomic E-state index is -0.586. The molecule has 7 heteroatoms. The van der Waals surface area contributed by atoms with Crippen molar-refractivity contribution in [3.05, 3.63) is 58.6 Å². The summed E-state index contributed by atoms with van der Waals surface area (Å²) in [6.45, 7) is 5.32. The number of hydrogen-bond acceptors (Lipinski definition) is 5. The molecule has 0 saturated carbocycles. The molecule has 0 aromatic heterocycles. The number of nitrogens with one attached hydrogen (secondary N) is 1. The molecule has 1 heterocycles. The van der Waals surface area contributed by atoms with Gasteiger partial charge >= 0.3 is 0 Å². The predicted octanol–water partition coefficient (Wildman–Crippen LogP) is 3.41. The van der Waals surface area contributed by atoms with Crippen LogP contribution in [0.15, 0.2) is 53.0 Å². The Hall–Kier alpha value is -2.09. The number of carbonyl (C=O) groups excluding carboxylic acids is 1. The lowest BCUT2D eigenvalue weighted by Gasteiger charge is -2.35. The topological polar surface area (TPSA) is 60.0 Å². The van der Waals surface area contributed by atoms with E-state index < -0.39 is 6.10 Å². The number of rotatable bonds is 8. The van der Waals surface area contributed by atoms with Gasteiger partial charge in [0, 0.05) is 24.1 Å². The van der Waals surface area contributed by atoms with Crippen LogP contribution in [0.5, 0.6) is 11.5 Å². The molecule has 156 valence electrons. The largest absolute Gasteiger partial charge is 0.497 e. The van der Waals surface area contributed by atoms with Crippen LogP contribution < -0.4 is 14.8 Å². The van der Waals surface area contributed by atoms with Gasteiger partial charge in [-0.1, -0.05) is 28.1 Å². The van der Waals surface area contributed by atoms with Gasteiger partial charge in [0.05, 0.1) is 26.4 Å². The first-order valence-corrected chi connectivity index (χ1v) is 10.5. The number of nitrogens with zero attached hydrogens (tertiary/aromatic N) is 1. The summed E-state index contributed by atoms with van der Waals surface area (Å²) in [5, 5.41) is 3.05. The van der Waals surface area contributed by atoms with Crippen LogP contribution in [-0.2, 0) is 9.53 Å². The summed E-state index contributed by atoms with van der Waals surface area (Å²) in [5.74, 6) is 1.34. The van der Waals surface area contributed by atoms with E-state index in [-0.39, 0.29) is 11.9 Å². The molecule has 29 heavy (non-hydrogen) atoms. The standard InChI is InChI=1S/C22H27BrN2O4/c1-16(29-20-9-5-18(23)6-10-20)22(26)24-15-21(25-11-13-28-14-12-25)17-3-7-19(27-2)8-4-17/h3-10,16,21H,11-15H2,1-2H3,(H,24,26)/t16-,21+/m1/s1. The average Bonchev–Trinajstić information content (AvgIpc) is 2.76. The molecule has 2 atom stereocenters. The van der Waals surface area contributed by atoms with E-state index >= 15 is 0 Å². The molecule has 0 radical (unpaired) electrons. The molecule has 0 spiro atoms. The van der Waals surface area contributed by atoms with Gasteiger partial charge in [0.25, 0.3) is 5.91 Å². The molecule has 0 bridgehead atoms. The highest BCUT2D eigenvalue weighted by Gasteiger charge is 2.24. The second kappa shape index (κ2) is 10.6. The molecule has 0 aliphatic carbocycles. The number of benzene rings is 2. The number of morpholine rings is 1. The van der Waals surface area contributed by atoms with Crippen molar-refractivity contribution in [1.82, 2.24) is 10.2 Å². The van der Waals surface area contributed by atoms with Gasteiger partial charge in [-0.3, -0.25) is 9.69 Å². The van der Waals surface area contributed by atoms with Crippen molar-refractivity contribution in [2.24, 2.45) is 0 Å². The maximum absolute atomic E-state index is 12.6. The van der Waals surface area contributed by atoms with Gasteiger partial charge in [-0.15, -0.1) is 0 Å². The summed E-state index contributed by atoms with van der Waals surface area (Å²) in [7, 11) is 1.65. The van der Waals surface area contributed by atoms with Crippen LogP contribution in [0.4, 0.5) is 0 Å². The quantitative estimate of drug-likeness (QED) is 0.651. The third-order valence-corrected chi connectivity index (χ3v) is 5.48. The van der Waals surface area contributed by atoms with Crippen molar-refractivity contribution in [1.29, 1.82) is 0 Å². The molecule has 2 aromatic carbocycles. The molecule has 1 saturated heterocycles. The SMILES string of the molecule is COc1ccc([C@H](CNC(=O)[C@@H](C)Oc2ccc(Br)cc2)N2CCOCC2)cc1. The molecule has 1 aliphatic rings. The number of amides is 1. The summed E-state index contributed by atoms with van der Waals surface area (Å²) < 4.78 is 17.5. The average molecular weight is 463 g/mol. The second-order valence-corrected chi connectivity index (χ2v) is 7.81. The van der Waals surface area contributed by atoms with E-state index in [2.05, 4.69) is 26.1 Å². The van der Waals surface area contributed by atoms with E-state index in [1.807, 2.05) is 48.5 Å². The summed E-state index contributed by atoms with van der Waals surface area (Å²) >= 11 is 3.39. The van der Waals surface area contributed by atoms with Crippen molar-refractivity contribution in [2.45, 2.75) is 19.1 Å². The highest BCUT2D eigenvalue weighted by atomic mass is 79.9. The van der Waals surface area contributed by atoms with Gasteiger partial charge in [0.1, 0.15) is 11.5 Å². The number of hydrogen-bond donors (Lipinski definition) is 1. The summed E-state index contributed by atoms with van der Waals surface area (Å²) in [5.41, 5.74) is 1.13. The molecule has 2 aromatic rings. The van der Waals surface area contributed by atoms with Crippen LogP contribution in [0.2, 0.25) is 0 Å². The third-order valence-electron chi connectivity index (χ3n) is 4.95. The molecule has 3 rings (SSSR count). The van der Waals surface area contributed by atoms with Crippen molar-refractivity contribution < 1.29 is 19.0 Å². The first kappa shape index (κ1) is 21.6. The molecule has 1 N–H and O–H groups in total. The minimum absolute atomic E-state index is 0.0636. The number of ether oxygens (including phenoxy) is 3. The van der Waals surface area contributed by atoms with Gasteiger partial charge in [0.15, 0.2) is 6.10 Å². The highest BCUT2D eigenvalue weighted by Crippen LogP contribution is 2.24. The monoisotopic (exact) mass is 462 g/mol. The highest BCUT2D eigenvalue weighted by molar-refractivity contribution is 9.10. The Morgan fingerprint density at radius 1 is 1.10 bits per heavy atom. The zero-order valence-corrected chi connectivity index (χ0v) is 18.4. The zero-order valence-electron chi connectivity index (χ0n) is 16.8. The predicted molar refractivity (Wildman–Crippen MR) is 115 cm³/mol. The van der Waals surface area contributed by atoms with Crippen molar-refractivity contribution in [3.8, 4) is 11.5 Å². The summed E-state index contributed by atoms with van der Waals surface area (Å²) in [4.78, 5) is 15.0. The Morgan fingerprint density at radius 3 is 2.34 bits per heavy atom. The smallest absolute Gasteiger partial charge is 0.260 e. The van der Waals surface area contributed by atoms with E-state index in [1.54, 1.807) is 14.0 Å². The van der Waals surface area contributed by atoms with Gasteiger partial charge in [-0.05, 0) is 48.9 Å². The van der Waals surface area contributed by atoms with Gasteiger partial charge in [-0.2, -0.15) is 0 Å². The Balaban J connectivity index is 1.63. The van der Waals surface area contributed by atoms with Gasteiger partial charge in [0.2, 0.25) is 0 Å². The minimum Gasteiger partial charge on any atom is -0.497 e. The second-order valence-electron chi connectivity index (χ2n) is 6.90. The lowest BCUT2D eigenvalue weighted by molar-refractivity contribution is -0.127. The molecular weight excluding hydrogens is 436 g/mol. The van der Waals surface area contributed by atoms with Crippen molar-refractivity contribution in [2.75, 3.05) is 40.0 Å². The van der Waals surface area contributed by atoms with Crippen LogP contribution >= 0.6 is 15.9 Å². The Morgan fingerprint density at radius 2 is 1.72 bits per heavy atom. The van der Waals surface area contributed by atoms with Crippen LogP contribution in [0.3, 0.4) is 0 Å². The Labute approximate surface area is 180 Å². The van der Waals surface area contributed by atoms with Crippen molar-refractivity contribution >= 4 is 21.8 Å². The van der Waals surface area contributed by atoms with Gasteiger partial charge < -0.3 is 19.5 Å². The lowest BCUT2D eigenvalue weighted by Crippen LogP contribution is -2.45. The molecule has 1 fully saturated rings. The lowest BCUT2D eigenvalue weighted by atomic mass is 10.0. The van der Waals surface area contributed by atoms with E-state index in [1.165, 1.54) is 0 Å². The molecule has 1 aliphatic heterocycles. The summed E-state index contributed by atoms with van der Waals surface area (Å²) in [6, 6.07) is 15.5. The Bertz CT molecular complexity index is 776. The third kappa shape index (κ3) is 6.19. The fourth-order valence-corrected chi connectivity index (χ4v) is 3.55.